The van der Waals surface area contributed by atoms with E-state index in [4.69, 9.17) is 15.7 Å². The molecule has 3 aromatic heterocycles. The monoisotopic (exact) mass is 566 g/mol. The molecule has 0 bridgehead atoms. The van der Waals surface area contributed by atoms with Gasteiger partial charge in [0.15, 0.2) is 5.13 Å². The number of anilines is 4. The summed E-state index contributed by atoms with van der Waals surface area (Å²) in [4.78, 5) is 39.5. The summed E-state index contributed by atoms with van der Waals surface area (Å²) in [6.45, 7) is 5.13. The maximum Gasteiger partial charge on any atom is 0.255 e. The van der Waals surface area contributed by atoms with E-state index < -0.39 is 0 Å². The Hall–Kier alpha value is -4.74. The van der Waals surface area contributed by atoms with Gasteiger partial charge in [0.1, 0.15) is 11.3 Å². The van der Waals surface area contributed by atoms with E-state index in [1.165, 1.54) is 11.3 Å². The number of amides is 2. The van der Waals surface area contributed by atoms with Gasteiger partial charge >= 0.3 is 0 Å². The molecule has 2 amide bonds. The number of para-hydroxylation sites is 2. The molecule has 10 nitrogen and oxygen atoms in total. The number of piperazine rings is 1. The van der Waals surface area contributed by atoms with Gasteiger partial charge in [-0.1, -0.05) is 12.1 Å². The quantitative estimate of drug-likeness (QED) is 0.254. The summed E-state index contributed by atoms with van der Waals surface area (Å²) in [5.74, 6) is -0.207. The zero-order chi connectivity index (χ0) is 28.5. The highest BCUT2D eigenvalue weighted by Crippen LogP contribution is 2.30. The standard InChI is InChI=1S/C30H30N8O2S/c1-19-27(38-17-21(9-12-26(38)32-19)29(40)37-15-13-36(2)14-16-37)25-18-41-30(35-25)33-22-10-7-20(8-11-22)28(39)34-24-6-4-3-5-23(24)31/h3-12,17-18H,13-16,31H2,1-2H3,(H,33,35)(H,34,39). The smallest absolute Gasteiger partial charge is 0.255 e. The first-order valence-corrected chi connectivity index (χ1v) is 14.2. The molecule has 1 aliphatic rings. The van der Waals surface area contributed by atoms with Crippen LogP contribution < -0.4 is 16.4 Å². The van der Waals surface area contributed by atoms with E-state index in [1.807, 2.05) is 64.2 Å². The summed E-state index contributed by atoms with van der Waals surface area (Å²) in [5.41, 5.74) is 12.2. The highest BCUT2D eigenvalue weighted by atomic mass is 32.1. The van der Waals surface area contributed by atoms with Crippen LogP contribution in [-0.2, 0) is 0 Å². The van der Waals surface area contributed by atoms with Crippen molar-refractivity contribution >= 4 is 51.0 Å². The molecule has 0 aliphatic carbocycles. The first kappa shape index (κ1) is 26.5. The number of thiazole rings is 1. The largest absolute Gasteiger partial charge is 0.397 e. The van der Waals surface area contributed by atoms with Crippen LogP contribution in [-0.4, -0.2) is 69.2 Å². The highest BCUT2D eigenvalue weighted by Gasteiger charge is 2.22. The average molecular weight is 567 g/mol. The van der Waals surface area contributed by atoms with Crippen molar-refractivity contribution in [3.05, 3.63) is 89.1 Å². The molecule has 0 saturated carbocycles. The van der Waals surface area contributed by atoms with Crippen molar-refractivity contribution in [3.8, 4) is 11.4 Å². The molecular formula is C30H30N8O2S. The SMILES string of the molecule is Cc1nc2ccc(C(=O)N3CCN(C)CC3)cn2c1-c1csc(Nc2ccc(C(=O)Nc3ccccc3N)cc2)n1. The first-order valence-electron chi connectivity index (χ1n) is 13.3. The van der Waals surface area contributed by atoms with Crippen LogP contribution in [0, 0.1) is 6.92 Å². The fourth-order valence-electron chi connectivity index (χ4n) is 4.86. The number of carbonyl (C=O) groups excluding carboxylic acids is 2. The van der Waals surface area contributed by atoms with Crippen molar-refractivity contribution in [2.45, 2.75) is 6.92 Å². The van der Waals surface area contributed by atoms with E-state index in [2.05, 4.69) is 22.6 Å². The van der Waals surface area contributed by atoms with Crippen molar-refractivity contribution in [1.29, 1.82) is 0 Å². The number of nitrogens with zero attached hydrogens (tertiary/aromatic N) is 5. The second-order valence-electron chi connectivity index (χ2n) is 10.1. The zero-order valence-electron chi connectivity index (χ0n) is 22.8. The third-order valence-corrected chi connectivity index (χ3v) is 7.94. The number of nitrogens with two attached hydrogens (primary N) is 1. The lowest BCUT2D eigenvalue weighted by Gasteiger charge is -2.32. The van der Waals surface area contributed by atoms with Gasteiger partial charge in [0.05, 0.1) is 28.3 Å². The molecular weight excluding hydrogens is 536 g/mol. The summed E-state index contributed by atoms with van der Waals surface area (Å²) < 4.78 is 1.95. The fraction of sp³-hybridized carbons (Fsp3) is 0.200. The number of nitrogen functional groups attached to an aromatic ring is 1. The van der Waals surface area contributed by atoms with Crippen molar-refractivity contribution in [2.24, 2.45) is 0 Å². The number of hydrogen-bond donors (Lipinski definition) is 3. The Balaban J connectivity index is 1.18. The Labute approximate surface area is 241 Å². The van der Waals surface area contributed by atoms with E-state index in [9.17, 15) is 9.59 Å². The Bertz CT molecular complexity index is 1740. The van der Waals surface area contributed by atoms with Gasteiger partial charge in [-0.05, 0) is 62.5 Å². The molecule has 0 spiro atoms. The molecule has 2 aromatic carbocycles. The number of likely N-dealkylation sites (N-methyl/N-ethyl adjacent to an activating group) is 1. The van der Waals surface area contributed by atoms with Gasteiger partial charge in [-0.25, -0.2) is 9.97 Å². The molecule has 4 heterocycles. The van der Waals surface area contributed by atoms with Crippen LogP contribution in [0.4, 0.5) is 22.2 Å². The molecule has 1 fully saturated rings. The number of fused-ring (bicyclic) bond motifs is 1. The lowest BCUT2D eigenvalue weighted by atomic mass is 10.2. The van der Waals surface area contributed by atoms with E-state index >= 15 is 0 Å². The van der Waals surface area contributed by atoms with Crippen molar-refractivity contribution in [1.82, 2.24) is 24.2 Å². The molecule has 0 atom stereocenters. The minimum absolute atomic E-state index is 0.0299. The Kier molecular flexibility index (Phi) is 7.12. The van der Waals surface area contributed by atoms with E-state index in [0.717, 1.165) is 54.6 Å². The second kappa shape index (κ2) is 11.0. The number of hydrogen-bond acceptors (Lipinski definition) is 8. The van der Waals surface area contributed by atoms with Gasteiger partial charge in [0.2, 0.25) is 0 Å². The number of rotatable bonds is 6. The molecule has 4 N–H and O–H groups in total. The van der Waals surface area contributed by atoms with Gasteiger partial charge in [0.25, 0.3) is 11.8 Å². The Morgan fingerprint density at radius 2 is 1.66 bits per heavy atom. The Morgan fingerprint density at radius 1 is 0.927 bits per heavy atom. The zero-order valence-corrected chi connectivity index (χ0v) is 23.6. The summed E-state index contributed by atoms with van der Waals surface area (Å²) in [6.07, 6.45) is 1.87. The third kappa shape index (κ3) is 5.49. The van der Waals surface area contributed by atoms with Crippen LogP contribution in [0.1, 0.15) is 26.4 Å². The van der Waals surface area contributed by atoms with Crippen molar-refractivity contribution < 1.29 is 9.59 Å². The van der Waals surface area contributed by atoms with Crippen molar-refractivity contribution in [3.63, 3.8) is 0 Å². The van der Waals surface area contributed by atoms with Crippen LogP contribution in [0.3, 0.4) is 0 Å². The van der Waals surface area contributed by atoms with Gasteiger partial charge in [-0.2, -0.15) is 0 Å². The predicted octanol–water partition coefficient (Wildman–Crippen LogP) is 4.73. The molecule has 6 rings (SSSR count). The molecule has 0 radical (unpaired) electrons. The van der Waals surface area contributed by atoms with E-state index in [0.29, 0.717) is 27.6 Å². The minimum Gasteiger partial charge on any atom is -0.397 e. The Morgan fingerprint density at radius 3 is 2.41 bits per heavy atom. The molecule has 5 aromatic rings. The topological polar surface area (TPSA) is 121 Å². The number of pyridine rings is 1. The predicted molar refractivity (Wildman–Crippen MR) is 163 cm³/mol. The van der Waals surface area contributed by atoms with Gasteiger partial charge in [-0.15, -0.1) is 11.3 Å². The second-order valence-corrected chi connectivity index (χ2v) is 10.9. The number of imidazole rings is 1. The number of aromatic nitrogens is 3. The average Bonchev–Trinajstić information content (AvgIpc) is 3.56. The summed E-state index contributed by atoms with van der Waals surface area (Å²) in [7, 11) is 2.07. The fourth-order valence-corrected chi connectivity index (χ4v) is 5.58. The summed E-state index contributed by atoms with van der Waals surface area (Å²) in [6, 6.07) is 18.0. The van der Waals surface area contributed by atoms with Crippen LogP contribution in [0.25, 0.3) is 17.0 Å². The number of carbonyl (C=O) groups is 2. The van der Waals surface area contributed by atoms with Crippen LogP contribution in [0.15, 0.2) is 72.2 Å². The third-order valence-electron chi connectivity index (χ3n) is 7.18. The van der Waals surface area contributed by atoms with E-state index in [-0.39, 0.29) is 11.8 Å². The van der Waals surface area contributed by atoms with Crippen LogP contribution in [0.5, 0.6) is 0 Å². The molecule has 11 heteroatoms. The van der Waals surface area contributed by atoms with Gasteiger partial charge in [0, 0.05) is 49.0 Å². The molecule has 1 aliphatic heterocycles. The van der Waals surface area contributed by atoms with Crippen molar-refractivity contribution in [2.75, 3.05) is 49.6 Å². The minimum atomic E-state index is -0.237. The molecule has 41 heavy (non-hydrogen) atoms. The summed E-state index contributed by atoms with van der Waals surface area (Å²) >= 11 is 1.47. The number of aryl methyl sites for hydroxylation is 1. The number of nitrogens with one attached hydrogen (secondary N) is 2. The number of benzene rings is 2. The van der Waals surface area contributed by atoms with Crippen LogP contribution >= 0.6 is 11.3 Å². The first-order chi connectivity index (χ1) is 19.9. The maximum absolute atomic E-state index is 13.2. The normalized spacial score (nSPS) is 13.9. The maximum atomic E-state index is 13.2. The van der Waals surface area contributed by atoms with Gasteiger partial charge < -0.3 is 26.2 Å². The van der Waals surface area contributed by atoms with E-state index in [1.54, 1.807) is 24.3 Å². The molecule has 1 saturated heterocycles. The molecule has 208 valence electrons. The molecule has 0 unspecified atom stereocenters. The summed E-state index contributed by atoms with van der Waals surface area (Å²) in [5, 5.41) is 8.83. The van der Waals surface area contributed by atoms with Crippen LogP contribution in [0.2, 0.25) is 0 Å². The van der Waals surface area contributed by atoms with Gasteiger partial charge in [-0.3, -0.25) is 14.0 Å². The lowest BCUT2D eigenvalue weighted by molar-refractivity contribution is 0.0663. The lowest BCUT2D eigenvalue weighted by Crippen LogP contribution is -2.47. The highest BCUT2D eigenvalue weighted by molar-refractivity contribution is 7.14.